The quantitative estimate of drug-likeness (QED) is 0.431. The molecule has 3 aliphatic rings. The van der Waals surface area contributed by atoms with Gasteiger partial charge in [-0.1, -0.05) is 11.6 Å². The van der Waals surface area contributed by atoms with Crippen molar-refractivity contribution in [3.05, 3.63) is 51.9 Å². The largest absolute Gasteiger partial charge is 0.493 e. The van der Waals surface area contributed by atoms with E-state index in [1.165, 1.54) is 6.07 Å². The minimum atomic E-state index is -4.57. The topological polar surface area (TPSA) is 88.6 Å². The van der Waals surface area contributed by atoms with Gasteiger partial charge in [0.1, 0.15) is 17.4 Å². The summed E-state index contributed by atoms with van der Waals surface area (Å²) in [6.07, 6.45) is 0.375. The number of alkyl halides is 3. The molecule has 2 aliphatic carbocycles. The van der Waals surface area contributed by atoms with Crippen molar-refractivity contribution in [2.24, 2.45) is 5.92 Å². The summed E-state index contributed by atoms with van der Waals surface area (Å²) in [6, 6.07) is 3.47. The molecule has 0 unspecified atom stereocenters. The van der Waals surface area contributed by atoms with Crippen LogP contribution in [0.15, 0.2) is 24.4 Å². The van der Waals surface area contributed by atoms with Crippen molar-refractivity contribution < 1.29 is 35.5 Å². The number of hydrogen-bond acceptors (Lipinski definition) is 6. The number of anilines is 1. The van der Waals surface area contributed by atoms with Crippen LogP contribution < -0.4 is 14.4 Å². The Balaban J connectivity index is 1.22. The van der Waals surface area contributed by atoms with Crippen LogP contribution in [0.2, 0.25) is 5.02 Å². The molecule has 1 amide bonds. The number of nitrogens with one attached hydrogen (secondary N) is 1. The highest BCUT2D eigenvalue weighted by Crippen LogP contribution is 2.45. The third-order valence-electron chi connectivity index (χ3n) is 7.12. The maximum Gasteiger partial charge on any atom is 0.418 e. The molecule has 1 aliphatic heterocycles. The molecule has 13 heteroatoms. The first-order chi connectivity index (χ1) is 17.9. The van der Waals surface area contributed by atoms with Crippen molar-refractivity contribution in [1.82, 2.24) is 9.71 Å². The lowest BCUT2D eigenvalue weighted by molar-refractivity contribution is -0.137. The van der Waals surface area contributed by atoms with Crippen LogP contribution in [-0.4, -0.2) is 44.3 Å². The number of carbonyl (C=O) groups is 1. The van der Waals surface area contributed by atoms with Gasteiger partial charge in [0.15, 0.2) is 0 Å². The number of rotatable bonds is 8. The van der Waals surface area contributed by atoms with E-state index in [4.69, 9.17) is 16.3 Å². The molecule has 7 nitrogen and oxygen atoms in total. The SMILES string of the molecule is O=C(NS(=O)(=O)C1CC1)c1cc(C2CC2)c(OCC2CCN(c3cc(C(F)(F)F)c(Cl)cn3)CC2)cc1F. The van der Waals surface area contributed by atoms with Gasteiger partial charge in [-0.2, -0.15) is 13.2 Å². The van der Waals surface area contributed by atoms with Gasteiger partial charge in [0.2, 0.25) is 10.0 Å². The van der Waals surface area contributed by atoms with Crippen LogP contribution >= 0.6 is 11.6 Å². The summed E-state index contributed by atoms with van der Waals surface area (Å²) in [7, 11) is -3.81. The molecule has 1 N–H and O–H groups in total. The van der Waals surface area contributed by atoms with Gasteiger partial charge in [0, 0.05) is 25.4 Å². The molecule has 38 heavy (non-hydrogen) atoms. The molecule has 206 valence electrons. The predicted octanol–water partition coefficient (Wildman–Crippen LogP) is 5.29. The van der Waals surface area contributed by atoms with Gasteiger partial charge in [-0.05, 0) is 68.1 Å². The molecule has 1 aromatic heterocycles. The van der Waals surface area contributed by atoms with Gasteiger partial charge in [0.05, 0.1) is 28.0 Å². The van der Waals surface area contributed by atoms with E-state index in [-0.39, 0.29) is 29.8 Å². The lowest BCUT2D eigenvalue weighted by atomic mass is 9.97. The first-order valence-corrected chi connectivity index (χ1v) is 14.3. The standard InChI is InChI=1S/C25H26ClF4N3O4S/c26-20-12-31-23(10-19(20)25(28,29)30)33-7-5-14(6-8-33)13-37-22-11-21(27)18(9-17(22)15-1-2-15)24(34)32-38(35,36)16-3-4-16/h9-12,14-16H,1-8,13H2,(H,32,34). The number of amides is 1. The van der Waals surface area contributed by atoms with Gasteiger partial charge in [0.25, 0.3) is 5.91 Å². The van der Waals surface area contributed by atoms with E-state index in [1.54, 1.807) is 4.90 Å². The average molecular weight is 576 g/mol. The highest BCUT2D eigenvalue weighted by atomic mass is 35.5. The lowest BCUT2D eigenvalue weighted by Gasteiger charge is -2.33. The zero-order valence-electron chi connectivity index (χ0n) is 20.2. The molecule has 5 rings (SSSR count). The summed E-state index contributed by atoms with van der Waals surface area (Å²) in [5.74, 6) is -1.13. The van der Waals surface area contributed by atoms with Gasteiger partial charge < -0.3 is 9.64 Å². The van der Waals surface area contributed by atoms with Crippen molar-refractivity contribution >= 4 is 33.3 Å². The third kappa shape index (κ3) is 6.01. The zero-order valence-corrected chi connectivity index (χ0v) is 21.8. The number of piperidine rings is 1. The van der Waals surface area contributed by atoms with Crippen LogP contribution in [0.1, 0.15) is 65.9 Å². The van der Waals surface area contributed by atoms with Crippen LogP contribution in [0.4, 0.5) is 23.4 Å². The molecule has 0 atom stereocenters. The van der Waals surface area contributed by atoms with E-state index in [9.17, 15) is 30.8 Å². The van der Waals surface area contributed by atoms with Crippen molar-refractivity contribution in [1.29, 1.82) is 0 Å². The lowest BCUT2D eigenvalue weighted by Crippen LogP contribution is -2.36. The van der Waals surface area contributed by atoms with Crippen LogP contribution in [0.5, 0.6) is 5.75 Å². The fourth-order valence-electron chi connectivity index (χ4n) is 4.58. The highest BCUT2D eigenvalue weighted by Gasteiger charge is 2.38. The minimum absolute atomic E-state index is 0.0856. The molecule has 1 saturated heterocycles. The maximum absolute atomic E-state index is 14.9. The number of aromatic nitrogens is 1. The van der Waals surface area contributed by atoms with Crippen molar-refractivity contribution in [3.63, 3.8) is 0 Å². The molecule has 0 radical (unpaired) electrons. The first kappa shape index (κ1) is 27.0. The van der Waals surface area contributed by atoms with E-state index < -0.39 is 43.8 Å². The molecule has 3 fully saturated rings. The minimum Gasteiger partial charge on any atom is -0.493 e. The second-order valence-corrected chi connectivity index (χ2v) is 12.4. The van der Waals surface area contributed by atoms with E-state index in [2.05, 4.69) is 4.98 Å². The Morgan fingerprint density at radius 3 is 2.39 bits per heavy atom. The molecule has 0 bridgehead atoms. The van der Waals surface area contributed by atoms with Crippen LogP contribution in [0, 0.1) is 11.7 Å². The van der Waals surface area contributed by atoms with Crippen molar-refractivity contribution in [2.45, 2.75) is 55.9 Å². The number of halogens is 5. The number of sulfonamides is 1. The second-order valence-electron chi connectivity index (χ2n) is 10.1. The molecular weight excluding hydrogens is 550 g/mol. The Kier molecular flexibility index (Phi) is 7.23. The Hall–Kier alpha value is -2.60. The summed E-state index contributed by atoms with van der Waals surface area (Å²) < 4.78 is 86.6. The highest BCUT2D eigenvalue weighted by molar-refractivity contribution is 7.91. The van der Waals surface area contributed by atoms with Crippen molar-refractivity contribution in [2.75, 3.05) is 24.6 Å². The summed E-state index contributed by atoms with van der Waals surface area (Å²) in [5.41, 5.74) is -0.583. The summed E-state index contributed by atoms with van der Waals surface area (Å²) >= 11 is 5.67. The van der Waals surface area contributed by atoms with Gasteiger partial charge in [-0.3, -0.25) is 4.79 Å². The maximum atomic E-state index is 14.9. The number of hydrogen-bond donors (Lipinski definition) is 1. The normalized spacial score (nSPS) is 18.9. The molecule has 2 aromatic rings. The molecule has 1 aromatic carbocycles. The third-order valence-corrected chi connectivity index (χ3v) is 9.24. The molecule has 0 spiro atoms. The fraction of sp³-hybridized carbons (Fsp3) is 0.520. The Morgan fingerprint density at radius 2 is 1.79 bits per heavy atom. The van der Waals surface area contributed by atoms with Crippen LogP contribution in [-0.2, 0) is 16.2 Å². The van der Waals surface area contributed by atoms with Crippen molar-refractivity contribution in [3.8, 4) is 5.75 Å². The monoisotopic (exact) mass is 575 g/mol. The van der Waals surface area contributed by atoms with E-state index in [0.717, 1.165) is 31.2 Å². The van der Waals surface area contributed by atoms with Crippen LogP contribution in [0.25, 0.3) is 0 Å². The zero-order chi connectivity index (χ0) is 27.2. The number of ether oxygens (including phenoxy) is 1. The second kappa shape index (κ2) is 10.2. The van der Waals surface area contributed by atoms with Gasteiger partial charge >= 0.3 is 6.18 Å². The Labute approximate surface area is 222 Å². The van der Waals surface area contributed by atoms with Gasteiger partial charge in [-0.15, -0.1) is 0 Å². The average Bonchev–Trinajstić information content (AvgIpc) is 3.75. The van der Waals surface area contributed by atoms with E-state index in [0.29, 0.717) is 50.1 Å². The summed E-state index contributed by atoms with van der Waals surface area (Å²) in [5, 5.41) is -1.05. The molecule has 2 heterocycles. The number of benzene rings is 1. The molecular formula is C25H26ClF4N3O4S. The summed E-state index contributed by atoms with van der Waals surface area (Å²) in [6.45, 7) is 1.22. The number of nitrogens with zero attached hydrogens (tertiary/aromatic N) is 2. The number of pyridine rings is 1. The smallest absolute Gasteiger partial charge is 0.418 e. The fourth-order valence-corrected chi connectivity index (χ4v) is 6.09. The van der Waals surface area contributed by atoms with E-state index >= 15 is 0 Å². The Bertz CT molecular complexity index is 1340. The van der Waals surface area contributed by atoms with Crippen LogP contribution in [0.3, 0.4) is 0 Å². The van der Waals surface area contributed by atoms with E-state index in [1.807, 2.05) is 4.72 Å². The first-order valence-electron chi connectivity index (χ1n) is 12.4. The Morgan fingerprint density at radius 1 is 1.11 bits per heavy atom. The van der Waals surface area contributed by atoms with Gasteiger partial charge in [-0.25, -0.2) is 22.5 Å². The predicted molar refractivity (Wildman–Crippen MR) is 132 cm³/mol. The molecule has 2 saturated carbocycles. The summed E-state index contributed by atoms with van der Waals surface area (Å²) in [4.78, 5) is 18.3. The number of carbonyl (C=O) groups excluding carboxylic acids is 1.